The number of nitrogens with zero attached hydrogens (tertiary/aromatic N) is 2. The molecule has 0 unspecified atom stereocenters. The molecule has 7 heteroatoms. The zero-order valence-corrected chi connectivity index (χ0v) is 18.7. The van der Waals surface area contributed by atoms with E-state index in [9.17, 15) is 4.79 Å². The van der Waals surface area contributed by atoms with Gasteiger partial charge in [0.05, 0.1) is 25.5 Å². The Morgan fingerprint density at radius 2 is 1.90 bits per heavy atom. The van der Waals surface area contributed by atoms with Crippen molar-refractivity contribution < 1.29 is 18.8 Å². The summed E-state index contributed by atoms with van der Waals surface area (Å²) in [6.45, 7) is 4.26. The van der Waals surface area contributed by atoms with Crippen LogP contribution in [-0.2, 0) is 12.3 Å². The van der Waals surface area contributed by atoms with Gasteiger partial charge in [-0.25, -0.2) is 0 Å². The van der Waals surface area contributed by atoms with Gasteiger partial charge in [0.15, 0.2) is 0 Å². The van der Waals surface area contributed by atoms with Gasteiger partial charge >= 0.3 is 0 Å². The summed E-state index contributed by atoms with van der Waals surface area (Å²) < 4.78 is 16.0. The Labute approximate surface area is 181 Å². The first-order valence-electron chi connectivity index (χ1n) is 9.54. The molecule has 30 heavy (non-hydrogen) atoms. The van der Waals surface area contributed by atoms with E-state index in [1.54, 1.807) is 37.9 Å². The van der Waals surface area contributed by atoms with E-state index < -0.39 is 0 Å². The highest BCUT2D eigenvalue weighted by Crippen LogP contribution is 2.30. The SMILES string of the molecule is COc1ccc(CN(C)C(=O)c2ccccc2SCc2c(C)noc2C)c(OC)c1. The van der Waals surface area contributed by atoms with Crippen LogP contribution in [0.25, 0.3) is 0 Å². The summed E-state index contributed by atoms with van der Waals surface area (Å²) in [6, 6.07) is 13.3. The van der Waals surface area contributed by atoms with Gasteiger partial charge in [-0.2, -0.15) is 0 Å². The number of methoxy groups -OCH3 is 2. The molecule has 0 atom stereocenters. The number of benzene rings is 2. The highest BCUT2D eigenvalue weighted by atomic mass is 32.2. The Kier molecular flexibility index (Phi) is 7.05. The summed E-state index contributed by atoms with van der Waals surface area (Å²) in [4.78, 5) is 15.8. The van der Waals surface area contributed by atoms with E-state index in [-0.39, 0.29) is 5.91 Å². The second-order valence-corrected chi connectivity index (χ2v) is 7.94. The molecule has 0 spiro atoms. The number of carbonyl (C=O) groups is 1. The largest absolute Gasteiger partial charge is 0.497 e. The average molecular weight is 427 g/mol. The molecule has 2 aromatic carbocycles. The molecule has 0 saturated carbocycles. The van der Waals surface area contributed by atoms with Crippen LogP contribution in [0, 0.1) is 13.8 Å². The third kappa shape index (κ3) is 4.79. The van der Waals surface area contributed by atoms with Crippen LogP contribution in [0.4, 0.5) is 0 Å². The fourth-order valence-electron chi connectivity index (χ4n) is 3.14. The fourth-order valence-corrected chi connectivity index (χ4v) is 4.34. The van der Waals surface area contributed by atoms with Crippen LogP contribution in [0.5, 0.6) is 11.5 Å². The van der Waals surface area contributed by atoms with E-state index in [4.69, 9.17) is 14.0 Å². The van der Waals surface area contributed by atoms with E-state index >= 15 is 0 Å². The minimum Gasteiger partial charge on any atom is -0.497 e. The molecule has 1 heterocycles. The molecule has 3 rings (SSSR count). The molecule has 0 bridgehead atoms. The maximum absolute atomic E-state index is 13.2. The van der Waals surface area contributed by atoms with Crippen molar-refractivity contribution in [2.24, 2.45) is 0 Å². The van der Waals surface area contributed by atoms with Gasteiger partial charge in [-0.15, -0.1) is 11.8 Å². The van der Waals surface area contributed by atoms with E-state index in [0.29, 0.717) is 29.4 Å². The molecule has 0 radical (unpaired) electrons. The van der Waals surface area contributed by atoms with E-state index in [1.807, 2.05) is 56.3 Å². The van der Waals surface area contributed by atoms with Crippen molar-refractivity contribution in [1.29, 1.82) is 0 Å². The first kappa shape index (κ1) is 21.8. The number of ether oxygens (including phenoxy) is 2. The van der Waals surface area contributed by atoms with Gasteiger partial charge in [-0.1, -0.05) is 17.3 Å². The summed E-state index contributed by atoms with van der Waals surface area (Å²) >= 11 is 1.61. The molecular formula is C23H26N2O4S. The normalized spacial score (nSPS) is 10.7. The predicted molar refractivity (Wildman–Crippen MR) is 117 cm³/mol. The van der Waals surface area contributed by atoms with Crippen LogP contribution in [0.1, 0.15) is 32.9 Å². The quantitative estimate of drug-likeness (QED) is 0.479. The number of hydrogen-bond donors (Lipinski definition) is 0. The van der Waals surface area contributed by atoms with Crippen molar-refractivity contribution in [2.75, 3.05) is 21.3 Å². The van der Waals surface area contributed by atoms with Crippen molar-refractivity contribution in [3.8, 4) is 11.5 Å². The number of carbonyl (C=O) groups excluding carboxylic acids is 1. The van der Waals surface area contributed by atoms with Gasteiger partial charge in [-0.05, 0) is 38.1 Å². The van der Waals surface area contributed by atoms with Gasteiger partial charge in [0.1, 0.15) is 17.3 Å². The summed E-state index contributed by atoms with van der Waals surface area (Å²) in [5.41, 5.74) is 3.53. The average Bonchev–Trinajstić information content (AvgIpc) is 3.09. The molecule has 0 fully saturated rings. The lowest BCUT2D eigenvalue weighted by Crippen LogP contribution is -2.26. The van der Waals surface area contributed by atoms with Gasteiger partial charge in [0.25, 0.3) is 5.91 Å². The number of amides is 1. The maximum Gasteiger partial charge on any atom is 0.255 e. The van der Waals surface area contributed by atoms with Crippen molar-refractivity contribution in [3.63, 3.8) is 0 Å². The van der Waals surface area contributed by atoms with Crippen molar-refractivity contribution in [3.05, 3.63) is 70.6 Å². The third-order valence-electron chi connectivity index (χ3n) is 4.92. The third-order valence-corrected chi connectivity index (χ3v) is 6.02. The van der Waals surface area contributed by atoms with E-state index in [0.717, 1.165) is 27.5 Å². The lowest BCUT2D eigenvalue weighted by Gasteiger charge is -2.20. The smallest absolute Gasteiger partial charge is 0.255 e. The van der Waals surface area contributed by atoms with Crippen LogP contribution in [0.2, 0.25) is 0 Å². The van der Waals surface area contributed by atoms with Crippen LogP contribution in [0.3, 0.4) is 0 Å². The molecule has 0 aliphatic carbocycles. The molecule has 0 aliphatic heterocycles. The van der Waals surface area contributed by atoms with Gasteiger partial charge in [-0.3, -0.25) is 4.79 Å². The zero-order valence-electron chi connectivity index (χ0n) is 17.9. The van der Waals surface area contributed by atoms with Crippen LogP contribution >= 0.6 is 11.8 Å². The summed E-state index contributed by atoms with van der Waals surface area (Å²) in [7, 11) is 5.02. The van der Waals surface area contributed by atoms with E-state index in [1.165, 1.54) is 0 Å². The topological polar surface area (TPSA) is 64.8 Å². The van der Waals surface area contributed by atoms with Crippen LogP contribution in [0.15, 0.2) is 51.9 Å². The molecule has 1 amide bonds. The molecule has 3 aromatic rings. The Morgan fingerprint density at radius 1 is 1.13 bits per heavy atom. The number of thioether (sulfide) groups is 1. The van der Waals surface area contributed by atoms with Gasteiger partial charge < -0.3 is 18.9 Å². The predicted octanol–water partition coefficient (Wildman–Crippen LogP) is 4.87. The summed E-state index contributed by atoms with van der Waals surface area (Å²) in [6.07, 6.45) is 0. The lowest BCUT2D eigenvalue weighted by molar-refractivity contribution is 0.0781. The van der Waals surface area contributed by atoms with Crippen LogP contribution in [-0.4, -0.2) is 37.2 Å². The standard InChI is InChI=1S/C23H26N2O4S/c1-15-20(16(2)29-24-15)14-30-22-9-7-6-8-19(22)23(26)25(3)13-17-10-11-18(27-4)12-21(17)28-5/h6-12H,13-14H2,1-5H3. The highest BCUT2D eigenvalue weighted by molar-refractivity contribution is 7.98. The maximum atomic E-state index is 13.2. The molecule has 158 valence electrons. The van der Waals surface area contributed by atoms with Crippen molar-refractivity contribution in [2.45, 2.75) is 31.0 Å². The monoisotopic (exact) mass is 426 g/mol. The minimum absolute atomic E-state index is 0.0465. The lowest BCUT2D eigenvalue weighted by atomic mass is 10.1. The van der Waals surface area contributed by atoms with E-state index in [2.05, 4.69) is 5.16 Å². The highest BCUT2D eigenvalue weighted by Gasteiger charge is 2.19. The van der Waals surface area contributed by atoms with Gasteiger partial charge in [0, 0.05) is 41.4 Å². The Morgan fingerprint density at radius 3 is 2.57 bits per heavy atom. The van der Waals surface area contributed by atoms with Crippen molar-refractivity contribution >= 4 is 17.7 Å². The first-order chi connectivity index (χ1) is 14.4. The second kappa shape index (κ2) is 9.71. The number of aromatic nitrogens is 1. The molecule has 6 nitrogen and oxygen atoms in total. The number of aryl methyl sites for hydroxylation is 2. The Bertz CT molecular complexity index is 1010. The minimum atomic E-state index is -0.0465. The first-order valence-corrected chi connectivity index (χ1v) is 10.5. The number of hydrogen-bond acceptors (Lipinski definition) is 6. The summed E-state index contributed by atoms with van der Waals surface area (Å²) in [5.74, 6) is 2.87. The Hall–Kier alpha value is -2.93. The summed E-state index contributed by atoms with van der Waals surface area (Å²) in [5, 5.41) is 4.01. The second-order valence-electron chi connectivity index (χ2n) is 6.93. The Balaban J connectivity index is 1.77. The van der Waals surface area contributed by atoms with Gasteiger partial charge in [0.2, 0.25) is 0 Å². The fraction of sp³-hybridized carbons (Fsp3) is 0.304. The molecular weight excluding hydrogens is 400 g/mol. The zero-order chi connectivity index (χ0) is 21.7. The molecule has 1 aromatic heterocycles. The molecule has 0 aliphatic rings. The van der Waals surface area contributed by atoms with Crippen molar-refractivity contribution in [1.82, 2.24) is 10.1 Å². The number of rotatable bonds is 8. The molecule has 0 N–H and O–H groups in total. The molecule has 0 saturated heterocycles. The van der Waals surface area contributed by atoms with Crippen LogP contribution < -0.4 is 9.47 Å².